The average Bonchev–Trinajstić information content (AvgIpc) is 2.72. The molecule has 0 bridgehead atoms. The van der Waals surface area contributed by atoms with Gasteiger partial charge in [-0.15, -0.1) is 0 Å². The van der Waals surface area contributed by atoms with Crippen LogP contribution in [0, 0.1) is 0 Å². The minimum atomic E-state index is -3.77. The van der Waals surface area contributed by atoms with Crippen molar-refractivity contribution < 1.29 is 17.9 Å². The predicted molar refractivity (Wildman–Crippen MR) is 109 cm³/mol. The molecule has 7 heteroatoms. The standard InChI is InChI=1S/C21H22N2O4S/c1-23(15-21(24)22-14-16-6-5-9-19(12-16)27-2)28(25,26)20-11-10-17-7-3-4-8-18(17)13-20/h3-13H,14-15H2,1-2H3,(H,22,24). The minimum absolute atomic E-state index is 0.161. The van der Waals surface area contributed by atoms with Gasteiger partial charge in [-0.1, -0.05) is 42.5 Å². The van der Waals surface area contributed by atoms with Crippen LogP contribution in [0.4, 0.5) is 0 Å². The number of likely N-dealkylation sites (N-methyl/N-ethyl adjacent to an activating group) is 1. The number of ether oxygens (including phenoxy) is 1. The van der Waals surface area contributed by atoms with E-state index in [1.165, 1.54) is 7.05 Å². The van der Waals surface area contributed by atoms with Gasteiger partial charge >= 0.3 is 0 Å². The second-order valence-electron chi connectivity index (χ2n) is 6.40. The summed E-state index contributed by atoms with van der Waals surface area (Å²) in [5.74, 6) is 0.317. The zero-order chi connectivity index (χ0) is 20.1. The summed E-state index contributed by atoms with van der Waals surface area (Å²) in [6.07, 6.45) is 0. The molecule has 0 radical (unpaired) electrons. The smallest absolute Gasteiger partial charge is 0.243 e. The van der Waals surface area contributed by atoms with Gasteiger partial charge in [-0.25, -0.2) is 8.42 Å². The van der Waals surface area contributed by atoms with Crippen LogP contribution in [0.3, 0.4) is 0 Å². The third-order valence-corrected chi connectivity index (χ3v) is 6.22. The van der Waals surface area contributed by atoms with Crippen molar-refractivity contribution in [3.05, 3.63) is 72.3 Å². The largest absolute Gasteiger partial charge is 0.497 e. The molecular weight excluding hydrogens is 376 g/mol. The van der Waals surface area contributed by atoms with Crippen LogP contribution >= 0.6 is 0 Å². The first-order chi connectivity index (χ1) is 13.4. The average molecular weight is 398 g/mol. The lowest BCUT2D eigenvalue weighted by Crippen LogP contribution is -2.38. The molecule has 28 heavy (non-hydrogen) atoms. The van der Waals surface area contributed by atoms with Gasteiger partial charge in [-0.2, -0.15) is 4.31 Å². The number of carbonyl (C=O) groups excluding carboxylic acids is 1. The van der Waals surface area contributed by atoms with Crippen molar-refractivity contribution in [2.45, 2.75) is 11.4 Å². The fourth-order valence-electron chi connectivity index (χ4n) is 2.83. The molecule has 1 amide bonds. The quantitative estimate of drug-likeness (QED) is 0.664. The normalized spacial score (nSPS) is 11.5. The number of sulfonamides is 1. The Morgan fingerprint density at radius 3 is 2.50 bits per heavy atom. The van der Waals surface area contributed by atoms with Gasteiger partial charge in [-0.3, -0.25) is 4.79 Å². The molecule has 1 N–H and O–H groups in total. The predicted octanol–water partition coefficient (Wildman–Crippen LogP) is 2.79. The van der Waals surface area contributed by atoms with Crippen LogP contribution in [0.1, 0.15) is 5.56 Å². The van der Waals surface area contributed by atoms with Crippen LogP contribution in [0.15, 0.2) is 71.6 Å². The molecule has 0 heterocycles. The lowest BCUT2D eigenvalue weighted by atomic mass is 10.1. The molecule has 3 rings (SSSR count). The van der Waals surface area contributed by atoms with Gasteiger partial charge in [0.25, 0.3) is 0 Å². The molecule has 3 aromatic carbocycles. The van der Waals surface area contributed by atoms with E-state index in [0.717, 1.165) is 20.6 Å². The van der Waals surface area contributed by atoms with E-state index in [2.05, 4.69) is 5.32 Å². The van der Waals surface area contributed by atoms with Crippen LogP contribution < -0.4 is 10.1 Å². The molecular formula is C21H22N2O4S. The topological polar surface area (TPSA) is 75.7 Å². The Morgan fingerprint density at radius 2 is 1.75 bits per heavy atom. The summed E-state index contributed by atoms with van der Waals surface area (Å²) < 4.78 is 31.8. The molecule has 0 atom stereocenters. The monoisotopic (exact) mass is 398 g/mol. The van der Waals surface area contributed by atoms with Crippen molar-refractivity contribution in [1.29, 1.82) is 0 Å². The van der Waals surface area contributed by atoms with E-state index in [9.17, 15) is 13.2 Å². The maximum absolute atomic E-state index is 12.8. The van der Waals surface area contributed by atoms with Crippen molar-refractivity contribution >= 4 is 26.7 Å². The zero-order valence-corrected chi connectivity index (χ0v) is 16.6. The molecule has 0 fully saturated rings. The Morgan fingerprint density at radius 1 is 1.00 bits per heavy atom. The van der Waals surface area contributed by atoms with E-state index in [1.807, 2.05) is 48.5 Å². The number of hydrogen-bond acceptors (Lipinski definition) is 4. The number of methoxy groups -OCH3 is 1. The van der Waals surface area contributed by atoms with Crippen LogP contribution in [0.5, 0.6) is 5.75 Å². The number of nitrogens with zero attached hydrogens (tertiary/aromatic N) is 1. The summed E-state index contributed by atoms with van der Waals surface area (Å²) in [6.45, 7) is 0.0268. The second-order valence-corrected chi connectivity index (χ2v) is 8.44. The van der Waals surface area contributed by atoms with Crippen LogP contribution in [0.25, 0.3) is 10.8 Å². The van der Waals surface area contributed by atoms with Gasteiger partial charge in [0.05, 0.1) is 18.6 Å². The molecule has 0 aliphatic carbocycles. The lowest BCUT2D eigenvalue weighted by Gasteiger charge is -2.17. The molecule has 146 valence electrons. The summed E-state index contributed by atoms with van der Waals surface area (Å²) in [6, 6.07) is 19.8. The Balaban J connectivity index is 1.66. The molecule has 0 aromatic heterocycles. The fraction of sp³-hybridized carbons (Fsp3) is 0.190. The highest BCUT2D eigenvalue weighted by molar-refractivity contribution is 7.89. The highest BCUT2D eigenvalue weighted by Gasteiger charge is 2.23. The van der Waals surface area contributed by atoms with Crippen molar-refractivity contribution in [2.24, 2.45) is 0 Å². The summed E-state index contributed by atoms with van der Waals surface area (Å²) in [5, 5.41) is 4.53. The van der Waals surface area contributed by atoms with E-state index in [0.29, 0.717) is 12.3 Å². The first kappa shape index (κ1) is 19.9. The molecule has 0 saturated heterocycles. The van der Waals surface area contributed by atoms with Crippen LogP contribution in [-0.2, 0) is 21.4 Å². The molecule has 0 aliphatic heterocycles. The van der Waals surface area contributed by atoms with Crippen molar-refractivity contribution in [1.82, 2.24) is 9.62 Å². The number of amides is 1. The van der Waals surface area contributed by atoms with Gasteiger partial charge in [0.15, 0.2) is 0 Å². The van der Waals surface area contributed by atoms with Gasteiger partial charge in [0, 0.05) is 13.6 Å². The SMILES string of the molecule is COc1cccc(CNC(=O)CN(C)S(=O)(=O)c2ccc3ccccc3c2)c1. The maximum Gasteiger partial charge on any atom is 0.243 e. The minimum Gasteiger partial charge on any atom is -0.497 e. The second kappa shape index (κ2) is 8.41. The van der Waals surface area contributed by atoms with E-state index >= 15 is 0 Å². The number of rotatable bonds is 7. The summed E-state index contributed by atoms with van der Waals surface area (Å²) in [7, 11) is -0.794. The van der Waals surface area contributed by atoms with E-state index in [-0.39, 0.29) is 17.3 Å². The van der Waals surface area contributed by atoms with Crippen LogP contribution in [-0.4, -0.2) is 39.3 Å². The molecule has 6 nitrogen and oxygen atoms in total. The number of carbonyl (C=O) groups is 1. The fourth-order valence-corrected chi connectivity index (χ4v) is 4.00. The van der Waals surface area contributed by atoms with Gasteiger partial charge in [0.1, 0.15) is 5.75 Å². The Bertz CT molecular complexity index is 1100. The molecule has 0 spiro atoms. The van der Waals surface area contributed by atoms with Gasteiger partial charge in [-0.05, 0) is 40.6 Å². The number of benzene rings is 3. The summed E-state index contributed by atoms with van der Waals surface area (Å²) in [5.41, 5.74) is 0.868. The summed E-state index contributed by atoms with van der Waals surface area (Å²) >= 11 is 0. The van der Waals surface area contributed by atoms with E-state index in [4.69, 9.17) is 4.74 Å². The number of hydrogen-bond donors (Lipinski definition) is 1. The highest BCUT2D eigenvalue weighted by atomic mass is 32.2. The third-order valence-electron chi connectivity index (χ3n) is 4.42. The molecule has 0 saturated carbocycles. The number of nitrogens with one attached hydrogen (secondary N) is 1. The Hall–Kier alpha value is -2.90. The highest BCUT2D eigenvalue weighted by Crippen LogP contribution is 2.21. The van der Waals surface area contributed by atoms with E-state index < -0.39 is 10.0 Å². The maximum atomic E-state index is 12.8. The zero-order valence-electron chi connectivity index (χ0n) is 15.8. The van der Waals surface area contributed by atoms with Gasteiger partial charge < -0.3 is 10.1 Å². The van der Waals surface area contributed by atoms with Crippen LogP contribution in [0.2, 0.25) is 0 Å². The number of fused-ring (bicyclic) bond motifs is 1. The Kier molecular flexibility index (Phi) is 5.96. The van der Waals surface area contributed by atoms with E-state index in [1.54, 1.807) is 25.3 Å². The van der Waals surface area contributed by atoms with Crippen molar-refractivity contribution in [3.63, 3.8) is 0 Å². The molecule has 0 unspecified atom stereocenters. The van der Waals surface area contributed by atoms with Crippen molar-refractivity contribution in [3.8, 4) is 5.75 Å². The first-order valence-electron chi connectivity index (χ1n) is 8.75. The van der Waals surface area contributed by atoms with Gasteiger partial charge in [0.2, 0.25) is 15.9 Å². The molecule has 3 aromatic rings. The third kappa shape index (κ3) is 4.49. The lowest BCUT2D eigenvalue weighted by molar-refractivity contribution is -0.121. The Labute approximate surface area is 164 Å². The van der Waals surface area contributed by atoms with Crippen molar-refractivity contribution in [2.75, 3.05) is 20.7 Å². The summed E-state index contributed by atoms with van der Waals surface area (Å²) in [4.78, 5) is 12.4. The molecule has 0 aliphatic rings. The first-order valence-corrected chi connectivity index (χ1v) is 10.2.